The SMILES string of the molecule is CC(=O)N1CCc2c(c(N3CCCc4cc(F)c(C(F)F)cc43)nn2C2CCN(CC3CCN(c4ccc(C(=O)O)nn4)CC3(C)C)CC2)C1. The lowest BCUT2D eigenvalue weighted by Crippen LogP contribution is -2.50. The summed E-state index contributed by atoms with van der Waals surface area (Å²) in [4.78, 5) is 32.2. The number of alkyl halides is 2. The van der Waals surface area contributed by atoms with Gasteiger partial charge in [0, 0.05) is 76.1 Å². The van der Waals surface area contributed by atoms with E-state index in [0.717, 1.165) is 69.7 Å². The second kappa shape index (κ2) is 13.5. The van der Waals surface area contributed by atoms with E-state index in [2.05, 4.69) is 38.5 Å². The fourth-order valence-corrected chi connectivity index (χ4v) is 8.42. The Bertz CT molecular complexity index is 1760. The Morgan fingerprint density at radius 2 is 1.80 bits per heavy atom. The maximum absolute atomic E-state index is 14.6. The fourth-order valence-electron chi connectivity index (χ4n) is 8.42. The molecule has 7 rings (SSSR count). The van der Waals surface area contributed by atoms with Crippen LogP contribution in [0, 0.1) is 17.2 Å². The number of nitrogens with zero attached hydrogens (tertiary/aromatic N) is 8. The van der Waals surface area contributed by atoms with Crippen LogP contribution < -0.4 is 9.80 Å². The normalized spacial score (nSPS) is 21.3. The molecule has 0 aliphatic carbocycles. The zero-order valence-electron chi connectivity index (χ0n) is 28.9. The van der Waals surface area contributed by atoms with Gasteiger partial charge in [-0.15, -0.1) is 10.2 Å². The van der Waals surface area contributed by atoms with E-state index in [1.54, 1.807) is 13.0 Å². The number of aromatic nitrogens is 4. The average molecular weight is 695 g/mol. The summed E-state index contributed by atoms with van der Waals surface area (Å²) in [5.74, 6) is -0.108. The van der Waals surface area contributed by atoms with E-state index in [0.29, 0.717) is 61.3 Å². The molecule has 2 fully saturated rings. The molecule has 0 spiro atoms. The number of likely N-dealkylation sites (tertiary alicyclic amines) is 1. The number of carboxylic acid groups (broad SMARTS) is 1. The smallest absolute Gasteiger partial charge is 0.356 e. The monoisotopic (exact) mass is 694 g/mol. The molecular formula is C36H45F3N8O3. The number of anilines is 3. The van der Waals surface area contributed by atoms with Crippen LogP contribution in [0.3, 0.4) is 0 Å². The molecule has 14 heteroatoms. The minimum atomic E-state index is -2.92. The number of piperidine rings is 2. The van der Waals surface area contributed by atoms with Gasteiger partial charge in [0.1, 0.15) is 5.82 Å². The number of amides is 1. The molecule has 1 unspecified atom stereocenters. The third-order valence-corrected chi connectivity index (χ3v) is 11.3. The lowest BCUT2D eigenvalue weighted by atomic mass is 9.73. The molecule has 6 heterocycles. The summed E-state index contributed by atoms with van der Waals surface area (Å²) in [5.41, 5.74) is 2.69. The highest BCUT2D eigenvalue weighted by Gasteiger charge is 2.39. The van der Waals surface area contributed by atoms with E-state index in [4.69, 9.17) is 10.2 Å². The maximum Gasteiger partial charge on any atom is 0.356 e. The van der Waals surface area contributed by atoms with Crippen molar-refractivity contribution < 1.29 is 27.9 Å². The van der Waals surface area contributed by atoms with Gasteiger partial charge < -0.3 is 24.7 Å². The van der Waals surface area contributed by atoms with Crippen molar-refractivity contribution >= 4 is 29.2 Å². The highest BCUT2D eigenvalue weighted by Crippen LogP contribution is 2.42. The van der Waals surface area contributed by atoms with E-state index < -0.39 is 23.8 Å². The van der Waals surface area contributed by atoms with Crippen LogP contribution in [0.2, 0.25) is 0 Å². The van der Waals surface area contributed by atoms with Gasteiger partial charge in [0.2, 0.25) is 5.91 Å². The first-order chi connectivity index (χ1) is 23.9. The van der Waals surface area contributed by atoms with Crippen LogP contribution in [0.5, 0.6) is 0 Å². The third kappa shape index (κ3) is 6.54. The Morgan fingerprint density at radius 3 is 2.46 bits per heavy atom. The first-order valence-electron chi connectivity index (χ1n) is 17.7. The molecule has 3 aromatic rings. The highest BCUT2D eigenvalue weighted by molar-refractivity contribution is 5.85. The molecule has 1 aromatic carbocycles. The van der Waals surface area contributed by atoms with Crippen molar-refractivity contribution in [3.8, 4) is 0 Å². The molecule has 1 N–H and O–H groups in total. The summed E-state index contributed by atoms with van der Waals surface area (Å²) < 4.78 is 44.3. The Labute approximate surface area is 290 Å². The number of fused-ring (bicyclic) bond motifs is 2. The molecule has 0 saturated carbocycles. The topological polar surface area (TPSA) is 111 Å². The van der Waals surface area contributed by atoms with E-state index in [-0.39, 0.29) is 23.1 Å². The van der Waals surface area contributed by atoms with Crippen molar-refractivity contribution in [1.29, 1.82) is 0 Å². The molecule has 11 nitrogen and oxygen atoms in total. The van der Waals surface area contributed by atoms with E-state index in [1.807, 2.05) is 9.80 Å². The van der Waals surface area contributed by atoms with E-state index >= 15 is 0 Å². The molecule has 2 aromatic heterocycles. The lowest BCUT2D eigenvalue weighted by molar-refractivity contribution is -0.129. The summed E-state index contributed by atoms with van der Waals surface area (Å²) in [7, 11) is 0. The number of carbonyl (C=O) groups is 2. The number of aryl methyl sites for hydroxylation is 1. The Kier molecular flexibility index (Phi) is 9.25. The van der Waals surface area contributed by atoms with Crippen LogP contribution in [0.1, 0.15) is 91.8 Å². The number of benzene rings is 1. The van der Waals surface area contributed by atoms with Gasteiger partial charge in [-0.3, -0.25) is 9.48 Å². The molecule has 50 heavy (non-hydrogen) atoms. The predicted octanol–water partition coefficient (Wildman–Crippen LogP) is 5.63. The fraction of sp³-hybridized carbons (Fsp3) is 0.583. The maximum atomic E-state index is 14.6. The number of hydrogen-bond donors (Lipinski definition) is 1. The van der Waals surface area contributed by atoms with Crippen molar-refractivity contribution in [1.82, 2.24) is 29.8 Å². The molecule has 1 atom stereocenters. The summed E-state index contributed by atoms with van der Waals surface area (Å²) in [6.07, 6.45) is 1.95. The standard InChI is InChI=1S/C36H45F3N8O3/c1-22(48)44-16-11-30-27(20-44)34(46-12-4-5-23-17-28(37)26(33(38)39)18-31(23)46)42-47(30)25-9-13-43(14-10-25)19-24-8-15-45(21-36(24,2)3)32-7-6-29(35(49)50)40-41-32/h6-7,17-18,24-25,33H,4-5,8-16,19-21H2,1-3H3,(H,49,50). The molecule has 268 valence electrons. The van der Waals surface area contributed by atoms with Crippen LogP contribution in [0.4, 0.5) is 30.5 Å². The van der Waals surface area contributed by atoms with Gasteiger partial charge in [0.05, 0.1) is 18.2 Å². The lowest BCUT2D eigenvalue weighted by Gasteiger charge is -2.47. The first-order valence-corrected chi connectivity index (χ1v) is 17.7. The quantitative estimate of drug-likeness (QED) is 0.337. The second-order valence-corrected chi connectivity index (χ2v) is 15.0. The van der Waals surface area contributed by atoms with Crippen LogP contribution in [0.25, 0.3) is 0 Å². The second-order valence-electron chi connectivity index (χ2n) is 15.0. The zero-order valence-corrected chi connectivity index (χ0v) is 28.9. The third-order valence-electron chi connectivity index (χ3n) is 11.3. The van der Waals surface area contributed by atoms with Gasteiger partial charge in [-0.25, -0.2) is 18.0 Å². The number of carbonyl (C=O) groups excluding carboxylic acids is 1. The number of rotatable bonds is 7. The van der Waals surface area contributed by atoms with Crippen molar-refractivity contribution in [3.05, 3.63) is 58.2 Å². The van der Waals surface area contributed by atoms with Crippen molar-refractivity contribution in [2.24, 2.45) is 11.3 Å². The Morgan fingerprint density at radius 1 is 1.02 bits per heavy atom. The highest BCUT2D eigenvalue weighted by atomic mass is 19.3. The average Bonchev–Trinajstić information content (AvgIpc) is 3.47. The minimum absolute atomic E-state index is 0.0125. The van der Waals surface area contributed by atoms with Crippen LogP contribution in [-0.2, 0) is 24.2 Å². The molecule has 4 aliphatic heterocycles. The summed E-state index contributed by atoms with van der Waals surface area (Å²) in [6, 6.07) is 5.95. The van der Waals surface area contributed by atoms with E-state index in [9.17, 15) is 22.8 Å². The van der Waals surface area contributed by atoms with Gasteiger partial charge in [-0.05, 0) is 73.3 Å². The Hall–Kier alpha value is -4.20. The van der Waals surface area contributed by atoms with E-state index in [1.165, 1.54) is 18.2 Å². The molecule has 0 radical (unpaired) electrons. The first kappa shape index (κ1) is 34.3. The van der Waals surface area contributed by atoms with Crippen molar-refractivity contribution in [3.63, 3.8) is 0 Å². The van der Waals surface area contributed by atoms with Crippen molar-refractivity contribution in [2.75, 3.05) is 55.6 Å². The Balaban J connectivity index is 1.06. The van der Waals surface area contributed by atoms with Gasteiger partial charge in [0.15, 0.2) is 17.3 Å². The van der Waals surface area contributed by atoms with Crippen molar-refractivity contribution in [2.45, 2.75) is 78.3 Å². The largest absolute Gasteiger partial charge is 0.476 e. The van der Waals surface area contributed by atoms with Gasteiger partial charge >= 0.3 is 5.97 Å². The van der Waals surface area contributed by atoms with Crippen LogP contribution in [-0.4, -0.2) is 92.6 Å². The zero-order chi connectivity index (χ0) is 35.3. The minimum Gasteiger partial charge on any atom is -0.476 e. The number of halogens is 3. The van der Waals surface area contributed by atoms with Crippen LogP contribution in [0.15, 0.2) is 24.3 Å². The number of hydrogen-bond acceptors (Lipinski definition) is 8. The molecular weight excluding hydrogens is 649 g/mol. The van der Waals surface area contributed by atoms with Gasteiger partial charge in [-0.1, -0.05) is 13.8 Å². The van der Waals surface area contributed by atoms with Gasteiger partial charge in [0.25, 0.3) is 6.43 Å². The summed E-state index contributed by atoms with van der Waals surface area (Å²) in [6.45, 7) is 12.2. The van der Waals surface area contributed by atoms with Gasteiger partial charge in [-0.2, -0.15) is 5.10 Å². The molecule has 0 bridgehead atoms. The number of carboxylic acids is 1. The molecule has 2 saturated heterocycles. The number of aromatic carboxylic acids is 1. The summed E-state index contributed by atoms with van der Waals surface area (Å²) >= 11 is 0. The predicted molar refractivity (Wildman–Crippen MR) is 182 cm³/mol. The summed E-state index contributed by atoms with van der Waals surface area (Å²) in [5, 5.41) is 22.4. The molecule has 4 aliphatic rings. The van der Waals surface area contributed by atoms with Crippen LogP contribution >= 0.6 is 0 Å². The molecule has 1 amide bonds.